The molecule has 2 aromatic rings. The standard InChI is InChI=1S/C11H11BrN4O2S/c12-7-3-1-2-4-8(7)14-9(17)6-19-11-16-15-10(5-13)18-11/h1-4H,5-6,13H2,(H,14,17). The van der Waals surface area contributed by atoms with Gasteiger partial charge in [-0.3, -0.25) is 4.79 Å². The average Bonchev–Trinajstić information content (AvgIpc) is 2.87. The second-order valence-electron chi connectivity index (χ2n) is 3.48. The summed E-state index contributed by atoms with van der Waals surface area (Å²) in [5.74, 6) is 0.395. The number of nitrogens with two attached hydrogens (primary N) is 1. The van der Waals surface area contributed by atoms with Gasteiger partial charge in [0.05, 0.1) is 18.0 Å². The molecule has 1 aromatic heterocycles. The van der Waals surface area contributed by atoms with Gasteiger partial charge in [-0.25, -0.2) is 0 Å². The third-order valence-corrected chi connectivity index (χ3v) is 3.61. The van der Waals surface area contributed by atoms with Gasteiger partial charge >= 0.3 is 0 Å². The Labute approximate surface area is 122 Å². The fraction of sp³-hybridized carbons (Fsp3) is 0.182. The molecule has 6 nitrogen and oxygen atoms in total. The number of benzene rings is 1. The van der Waals surface area contributed by atoms with E-state index in [2.05, 4.69) is 31.4 Å². The summed E-state index contributed by atoms with van der Waals surface area (Å²) in [6, 6.07) is 7.39. The minimum absolute atomic E-state index is 0.149. The van der Waals surface area contributed by atoms with E-state index in [1.54, 1.807) is 0 Å². The van der Waals surface area contributed by atoms with Crippen molar-refractivity contribution in [1.29, 1.82) is 0 Å². The monoisotopic (exact) mass is 342 g/mol. The Balaban J connectivity index is 1.86. The topological polar surface area (TPSA) is 94.0 Å². The summed E-state index contributed by atoms with van der Waals surface area (Å²) >= 11 is 4.52. The van der Waals surface area contributed by atoms with Crippen molar-refractivity contribution in [2.45, 2.75) is 11.8 Å². The number of rotatable bonds is 5. The molecule has 2 rings (SSSR count). The number of thioether (sulfide) groups is 1. The summed E-state index contributed by atoms with van der Waals surface area (Å²) in [6.07, 6.45) is 0. The molecule has 0 aliphatic rings. The van der Waals surface area contributed by atoms with Crippen molar-refractivity contribution in [3.63, 3.8) is 0 Å². The van der Waals surface area contributed by atoms with Crippen molar-refractivity contribution in [2.75, 3.05) is 11.1 Å². The highest BCUT2D eigenvalue weighted by Crippen LogP contribution is 2.22. The van der Waals surface area contributed by atoms with Crippen LogP contribution in [0.15, 0.2) is 38.4 Å². The van der Waals surface area contributed by atoms with E-state index in [1.165, 1.54) is 11.8 Å². The SMILES string of the molecule is NCc1nnc(SCC(=O)Nc2ccccc2Br)o1. The van der Waals surface area contributed by atoms with Gasteiger partial charge < -0.3 is 15.5 Å². The number of nitrogens with one attached hydrogen (secondary N) is 1. The highest BCUT2D eigenvalue weighted by Gasteiger charge is 2.10. The van der Waals surface area contributed by atoms with Gasteiger partial charge in [-0.15, -0.1) is 10.2 Å². The van der Waals surface area contributed by atoms with E-state index in [-0.39, 0.29) is 18.2 Å². The van der Waals surface area contributed by atoms with Crippen LogP contribution in [0.3, 0.4) is 0 Å². The molecular weight excluding hydrogens is 332 g/mol. The number of anilines is 1. The normalized spacial score (nSPS) is 10.4. The van der Waals surface area contributed by atoms with Crippen LogP contribution >= 0.6 is 27.7 Å². The molecule has 0 bridgehead atoms. The molecule has 100 valence electrons. The third kappa shape index (κ3) is 4.05. The fourth-order valence-electron chi connectivity index (χ4n) is 1.26. The highest BCUT2D eigenvalue weighted by molar-refractivity contribution is 9.10. The molecule has 0 fully saturated rings. The summed E-state index contributed by atoms with van der Waals surface area (Å²) in [6.45, 7) is 0.191. The van der Waals surface area contributed by atoms with Gasteiger partial charge in [-0.2, -0.15) is 0 Å². The van der Waals surface area contributed by atoms with Gasteiger partial charge in [0, 0.05) is 4.47 Å². The molecule has 0 spiro atoms. The number of hydrogen-bond donors (Lipinski definition) is 2. The van der Waals surface area contributed by atoms with Crippen LogP contribution in [-0.4, -0.2) is 21.9 Å². The molecular formula is C11H11BrN4O2S. The van der Waals surface area contributed by atoms with Crippen LogP contribution in [0.4, 0.5) is 5.69 Å². The lowest BCUT2D eigenvalue weighted by Gasteiger charge is -2.05. The summed E-state index contributed by atoms with van der Waals surface area (Å²) in [4.78, 5) is 11.7. The quantitative estimate of drug-likeness (QED) is 0.807. The molecule has 0 radical (unpaired) electrons. The van der Waals surface area contributed by atoms with Crippen LogP contribution in [0.25, 0.3) is 0 Å². The van der Waals surface area contributed by atoms with Crippen LogP contribution in [0, 0.1) is 0 Å². The van der Waals surface area contributed by atoms with E-state index in [0.717, 1.165) is 10.2 Å². The van der Waals surface area contributed by atoms with E-state index in [9.17, 15) is 4.79 Å². The van der Waals surface area contributed by atoms with Gasteiger partial charge in [-0.1, -0.05) is 23.9 Å². The van der Waals surface area contributed by atoms with Gasteiger partial charge in [-0.05, 0) is 28.1 Å². The number of carbonyl (C=O) groups excluding carboxylic acids is 1. The van der Waals surface area contributed by atoms with Crippen molar-refractivity contribution < 1.29 is 9.21 Å². The molecule has 0 aliphatic carbocycles. The molecule has 3 N–H and O–H groups in total. The second kappa shape index (κ2) is 6.69. The Bertz CT molecular complexity index is 575. The molecule has 0 aliphatic heterocycles. The molecule has 0 unspecified atom stereocenters. The maximum atomic E-state index is 11.7. The van der Waals surface area contributed by atoms with Gasteiger partial charge in [0.15, 0.2) is 0 Å². The molecule has 0 atom stereocenters. The first kappa shape index (κ1) is 14.0. The van der Waals surface area contributed by atoms with Crippen molar-refractivity contribution in [2.24, 2.45) is 5.73 Å². The third-order valence-electron chi connectivity index (χ3n) is 2.10. The van der Waals surface area contributed by atoms with Crippen LogP contribution in [0.5, 0.6) is 0 Å². The van der Waals surface area contributed by atoms with Crippen molar-refractivity contribution in [1.82, 2.24) is 10.2 Å². The lowest BCUT2D eigenvalue weighted by molar-refractivity contribution is -0.113. The zero-order valence-corrected chi connectivity index (χ0v) is 12.2. The van der Waals surface area contributed by atoms with Gasteiger partial charge in [0.1, 0.15) is 0 Å². The Morgan fingerprint density at radius 1 is 1.42 bits per heavy atom. The summed E-state index contributed by atoms with van der Waals surface area (Å²) in [5, 5.41) is 10.6. The maximum Gasteiger partial charge on any atom is 0.277 e. The van der Waals surface area contributed by atoms with Gasteiger partial charge in [0.25, 0.3) is 5.22 Å². The van der Waals surface area contributed by atoms with Crippen LogP contribution in [0.2, 0.25) is 0 Å². The molecule has 1 heterocycles. The Kier molecular flexibility index (Phi) is 4.94. The number of halogens is 1. The fourth-order valence-corrected chi connectivity index (χ4v) is 2.22. The first-order chi connectivity index (χ1) is 9.19. The second-order valence-corrected chi connectivity index (χ2v) is 5.26. The predicted molar refractivity (Wildman–Crippen MR) is 75.7 cm³/mol. The van der Waals surface area contributed by atoms with E-state index in [4.69, 9.17) is 10.2 Å². The van der Waals surface area contributed by atoms with E-state index < -0.39 is 0 Å². The Morgan fingerprint density at radius 3 is 2.89 bits per heavy atom. The first-order valence-electron chi connectivity index (χ1n) is 5.38. The predicted octanol–water partition coefficient (Wildman–Crippen LogP) is 2.02. The van der Waals surface area contributed by atoms with Crippen LogP contribution < -0.4 is 11.1 Å². The number of aromatic nitrogens is 2. The smallest absolute Gasteiger partial charge is 0.277 e. The Hall–Kier alpha value is -1.38. The van der Waals surface area contributed by atoms with Crippen molar-refractivity contribution in [3.05, 3.63) is 34.6 Å². The average molecular weight is 343 g/mol. The van der Waals surface area contributed by atoms with E-state index in [0.29, 0.717) is 11.1 Å². The van der Waals surface area contributed by atoms with Crippen LogP contribution in [0.1, 0.15) is 5.89 Å². The summed E-state index contributed by atoms with van der Waals surface area (Å²) < 4.78 is 6.01. The zero-order chi connectivity index (χ0) is 13.7. The zero-order valence-electron chi connectivity index (χ0n) is 9.80. The summed E-state index contributed by atoms with van der Waals surface area (Å²) in [7, 11) is 0. The lowest BCUT2D eigenvalue weighted by Crippen LogP contribution is -2.14. The van der Waals surface area contributed by atoms with Crippen molar-refractivity contribution >= 4 is 39.3 Å². The minimum atomic E-state index is -0.149. The minimum Gasteiger partial charge on any atom is -0.415 e. The molecule has 0 saturated carbocycles. The lowest BCUT2D eigenvalue weighted by atomic mass is 10.3. The Morgan fingerprint density at radius 2 is 2.21 bits per heavy atom. The summed E-state index contributed by atoms with van der Waals surface area (Å²) in [5.41, 5.74) is 6.07. The van der Waals surface area contributed by atoms with E-state index in [1.807, 2.05) is 24.3 Å². The number of nitrogens with zero attached hydrogens (tertiary/aromatic N) is 2. The number of amides is 1. The maximum absolute atomic E-state index is 11.7. The molecule has 0 saturated heterocycles. The van der Waals surface area contributed by atoms with Gasteiger partial charge in [0.2, 0.25) is 11.8 Å². The van der Waals surface area contributed by atoms with Crippen molar-refractivity contribution in [3.8, 4) is 0 Å². The molecule has 19 heavy (non-hydrogen) atoms. The number of carbonyl (C=O) groups is 1. The molecule has 8 heteroatoms. The van der Waals surface area contributed by atoms with E-state index >= 15 is 0 Å². The highest BCUT2D eigenvalue weighted by atomic mass is 79.9. The van der Waals surface area contributed by atoms with Crippen LogP contribution in [-0.2, 0) is 11.3 Å². The number of para-hydroxylation sites is 1. The first-order valence-corrected chi connectivity index (χ1v) is 7.16. The largest absolute Gasteiger partial charge is 0.415 e. The number of hydrogen-bond acceptors (Lipinski definition) is 6. The molecule has 1 aromatic carbocycles. The molecule has 1 amide bonds.